The van der Waals surface area contributed by atoms with Crippen LogP contribution in [0, 0.1) is 0 Å². The van der Waals surface area contributed by atoms with E-state index in [0.29, 0.717) is 0 Å². The monoisotopic (exact) mass is 204 g/mol. The lowest BCUT2D eigenvalue weighted by atomic mass is 10.4. The highest BCUT2D eigenvalue weighted by atomic mass is 15.0. The van der Waals surface area contributed by atoms with Crippen LogP contribution in [0.25, 0.3) is 11.0 Å². The molecule has 4 heteroatoms. The summed E-state index contributed by atoms with van der Waals surface area (Å²) in [6.07, 6.45) is 3.67. The zero-order valence-corrected chi connectivity index (χ0v) is 8.66. The molecule has 0 saturated carbocycles. The van der Waals surface area contributed by atoms with E-state index in [-0.39, 0.29) is 0 Å². The van der Waals surface area contributed by atoms with Gasteiger partial charge in [-0.2, -0.15) is 0 Å². The second-order valence-electron chi connectivity index (χ2n) is 3.41. The Morgan fingerprint density at radius 2 is 1.73 bits per heavy atom. The first kappa shape index (κ1) is 10.1. The van der Waals surface area contributed by atoms with Gasteiger partial charge in [-0.1, -0.05) is 0 Å². The van der Waals surface area contributed by atoms with Crippen LogP contribution >= 0.6 is 0 Å². The number of nitrogens with zero attached hydrogens (tertiary/aromatic N) is 1. The number of pyridine rings is 1. The zero-order valence-electron chi connectivity index (χ0n) is 8.66. The lowest BCUT2D eigenvalue weighted by molar-refractivity contribution is 0.534. The van der Waals surface area contributed by atoms with E-state index in [9.17, 15) is 0 Å². The second kappa shape index (κ2) is 5.48. The van der Waals surface area contributed by atoms with Crippen LogP contribution < -0.4 is 10.6 Å². The van der Waals surface area contributed by atoms with Gasteiger partial charge in [-0.3, -0.25) is 4.98 Å². The maximum absolute atomic E-state index is 4.11. The van der Waals surface area contributed by atoms with Gasteiger partial charge in [0.2, 0.25) is 0 Å². The summed E-state index contributed by atoms with van der Waals surface area (Å²) < 4.78 is 0. The molecule has 0 amide bonds. The van der Waals surface area contributed by atoms with E-state index in [1.165, 1.54) is 0 Å². The van der Waals surface area contributed by atoms with Crippen molar-refractivity contribution in [3.63, 3.8) is 0 Å². The molecule has 0 aliphatic carbocycles. The minimum atomic E-state index is 1.03. The summed E-state index contributed by atoms with van der Waals surface area (Å²) in [5.74, 6) is 0. The van der Waals surface area contributed by atoms with Crippen molar-refractivity contribution in [2.75, 3.05) is 26.2 Å². The second-order valence-corrected chi connectivity index (χ2v) is 3.41. The maximum atomic E-state index is 4.11. The summed E-state index contributed by atoms with van der Waals surface area (Å²) in [5.41, 5.74) is 2.12. The van der Waals surface area contributed by atoms with E-state index in [1.54, 1.807) is 6.20 Å². The average Bonchev–Trinajstić information content (AvgIpc) is 2.80. The highest BCUT2D eigenvalue weighted by Crippen LogP contribution is 2.05. The number of nitrogens with one attached hydrogen (secondary N) is 3. The van der Waals surface area contributed by atoms with Crippen molar-refractivity contribution in [2.24, 2.45) is 0 Å². The SMILES string of the molecule is C1CNCCN1.c1cnc2cc[nH]c2c1. The van der Waals surface area contributed by atoms with Crippen LogP contribution in [0.4, 0.5) is 0 Å². The molecule has 1 fully saturated rings. The van der Waals surface area contributed by atoms with Crippen molar-refractivity contribution in [1.82, 2.24) is 20.6 Å². The van der Waals surface area contributed by atoms with E-state index >= 15 is 0 Å². The first-order valence-electron chi connectivity index (χ1n) is 5.26. The van der Waals surface area contributed by atoms with E-state index in [0.717, 1.165) is 37.2 Å². The predicted molar refractivity (Wildman–Crippen MR) is 61.8 cm³/mol. The molecule has 80 valence electrons. The number of fused-ring (bicyclic) bond motifs is 1. The van der Waals surface area contributed by atoms with Gasteiger partial charge in [0, 0.05) is 38.6 Å². The quantitative estimate of drug-likeness (QED) is 0.593. The molecular weight excluding hydrogens is 188 g/mol. The fourth-order valence-electron chi connectivity index (χ4n) is 1.49. The Hall–Kier alpha value is -1.39. The molecule has 2 aromatic heterocycles. The fourth-order valence-corrected chi connectivity index (χ4v) is 1.49. The van der Waals surface area contributed by atoms with Gasteiger partial charge in [0.15, 0.2) is 0 Å². The first-order chi connectivity index (χ1) is 7.47. The number of aromatic nitrogens is 2. The Balaban J connectivity index is 0.000000124. The van der Waals surface area contributed by atoms with E-state index < -0.39 is 0 Å². The zero-order chi connectivity index (χ0) is 10.3. The Morgan fingerprint density at radius 3 is 2.33 bits per heavy atom. The summed E-state index contributed by atoms with van der Waals surface area (Å²) in [7, 11) is 0. The van der Waals surface area contributed by atoms with Crippen molar-refractivity contribution >= 4 is 11.0 Å². The Morgan fingerprint density at radius 1 is 1.00 bits per heavy atom. The summed E-state index contributed by atoms with van der Waals surface area (Å²) in [4.78, 5) is 7.17. The minimum Gasteiger partial charge on any atom is -0.360 e. The third-order valence-corrected chi connectivity index (χ3v) is 2.28. The summed E-state index contributed by atoms with van der Waals surface area (Å²) >= 11 is 0. The molecule has 3 N–H and O–H groups in total. The van der Waals surface area contributed by atoms with Gasteiger partial charge in [0.1, 0.15) is 0 Å². The van der Waals surface area contributed by atoms with Gasteiger partial charge in [0.05, 0.1) is 11.0 Å². The van der Waals surface area contributed by atoms with Crippen LogP contribution in [0.1, 0.15) is 0 Å². The molecule has 0 bridgehead atoms. The third-order valence-electron chi connectivity index (χ3n) is 2.28. The molecule has 15 heavy (non-hydrogen) atoms. The molecule has 0 aromatic carbocycles. The largest absolute Gasteiger partial charge is 0.360 e. The van der Waals surface area contributed by atoms with Gasteiger partial charge in [-0.25, -0.2) is 0 Å². The van der Waals surface area contributed by atoms with Crippen molar-refractivity contribution in [2.45, 2.75) is 0 Å². The lowest BCUT2D eigenvalue weighted by Gasteiger charge is -2.11. The van der Waals surface area contributed by atoms with Crippen molar-refractivity contribution < 1.29 is 0 Å². The minimum absolute atomic E-state index is 1.03. The van der Waals surface area contributed by atoms with Gasteiger partial charge in [-0.15, -0.1) is 0 Å². The molecule has 1 saturated heterocycles. The van der Waals surface area contributed by atoms with Gasteiger partial charge >= 0.3 is 0 Å². The van der Waals surface area contributed by atoms with Crippen LogP contribution in [0.3, 0.4) is 0 Å². The maximum Gasteiger partial charge on any atom is 0.0878 e. The van der Waals surface area contributed by atoms with Crippen LogP contribution in [-0.4, -0.2) is 36.1 Å². The molecule has 3 heterocycles. The highest BCUT2D eigenvalue weighted by molar-refractivity contribution is 5.73. The van der Waals surface area contributed by atoms with E-state index in [1.807, 2.05) is 24.4 Å². The number of piperazine rings is 1. The number of H-pyrrole nitrogens is 1. The smallest absolute Gasteiger partial charge is 0.0878 e. The molecule has 4 nitrogen and oxygen atoms in total. The van der Waals surface area contributed by atoms with Gasteiger partial charge in [0.25, 0.3) is 0 Å². The molecule has 0 radical (unpaired) electrons. The number of hydrogen-bond donors (Lipinski definition) is 3. The van der Waals surface area contributed by atoms with E-state index in [4.69, 9.17) is 0 Å². The van der Waals surface area contributed by atoms with Crippen molar-refractivity contribution in [1.29, 1.82) is 0 Å². The fraction of sp³-hybridized carbons (Fsp3) is 0.364. The number of aromatic amines is 1. The molecule has 2 aromatic rings. The first-order valence-corrected chi connectivity index (χ1v) is 5.26. The van der Waals surface area contributed by atoms with Crippen molar-refractivity contribution in [3.8, 4) is 0 Å². The van der Waals surface area contributed by atoms with Crippen LogP contribution in [0.15, 0.2) is 30.6 Å². The molecule has 3 rings (SSSR count). The lowest BCUT2D eigenvalue weighted by Crippen LogP contribution is -2.39. The van der Waals surface area contributed by atoms with Crippen LogP contribution in [0.5, 0.6) is 0 Å². The Labute approximate surface area is 89.1 Å². The van der Waals surface area contributed by atoms with Gasteiger partial charge < -0.3 is 15.6 Å². The van der Waals surface area contributed by atoms with Gasteiger partial charge in [-0.05, 0) is 18.2 Å². The molecule has 1 aliphatic rings. The van der Waals surface area contributed by atoms with Crippen LogP contribution in [0.2, 0.25) is 0 Å². The third kappa shape index (κ3) is 3.04. The standard InChI is InChI=1S/C7H6N2.C4H10N2/c1-2-6-7(8-4-1)3-5-9-6;1-2-6-4-3-5-1/h1-5,9H;5-6H,1-4H2. The Bertz CT molecular complexity index is 350. The normalized spacial score (nSPS) is 15.7. The molecular formula is C11H16N4. The molecule has 0 spiro atoms. The topological polar surface area (TPSA) is 52.7 Å². The highest BCUT2D eigenvalue weighted by Gasteiger charge is 1.91. The summed E-state index contributed by atoms with van der Waals surface area (Å²) in [6, 6.07) is 5.87. The number of rotatable bonds is 0. The molecule has 0 unspecified atom stereocenters. The molecule has 0 atom stereocenters. The molecule has 1 aliphatic heterocycles. The summed E-state index contributed by atoms with van der Waals surface area (Å²) in [6.45, 7) is 4.56. The number of hydrogen-bond acceptors (Lipinski definition) is 3. The summed E-state index contributed by atoms with van der Waals surface area (Å²) in [5, 5.41) is 6.44. The Kier molecular flexibility index (Phi) is 3.70. The van der Waals surface area contributed by atoms with Crippen LogP contribution in [-0.2, 0) is 0 Å². The predicted octanol–water partition coefficient (Wildman–Crippen LogP) is 0.742. The van der Waals surface area contributed by atoms with Crippen molar-refractivity contribution in [3.05, 3.63) is 30.6 Å². The average molecular weight is 204 g/mol. The van der Waals surface area contributed by atoms with E-state index in [2.05, 4.69) is 20.6 Å².